The SMILES string of the molecule is C[C@H](NC(=O)c1cncc(-c2csc3ccccc23)c1)c1ccccc1. The maximum Gasteiger partial charge on any atom is 0.253 e. The molecule has 0 aliphatic carbocycles. The first kappa shape index (κ1) is 16.5. The number of pyridine rings is 1. The molecule has 0 spiro atoms. The molecule has 1 amide bonds. The number of benzene rings is 2. The molecule has 26 heavy (non-hydrogen) atoms. The minimum absolute atomic E-state index is 0.0608. The van der Waals surface area contributed by atoms with Gasteiger partial charge < -0.3 is 5.32 Å². The number of thiophene rings is 1. The third-order valence-corrected chi connectivity index (χ3v) is 5.40. The van der Waals surface area contributed by atoms with Gasteiger partial charge in [0, 0.05) is 33.6 Å². The van der Waals surface area contributed by atoms with E-state index in [0.29, 0.717) is 5.56 Å². The molecule has 0 unspecified atom stereocenters. The lowest BCUT2D eigenvalue weighted by Crippen LogP contribution is -2.26. The normalized spacial score (nSPS) is 12.0. The molecule has 2 heterocycles. The summed E-state index contributed by atoms with van der Waals surface area (Å²) in [5.41, 5.74) is 3.72. The maximum absolute atomic E-state index is 12.7. The van der Waals surface area contributed by atoms with E-state index >= 15 is 0 Å². The third-order valence-electron chi connectivity index (χ3n) is 4.44. The molecule has 0 radical (unpaired) electrons. The lowest BCUT2D eigenvalue weighted by Gasteiger charge is -2.14. The van der Waals surface area contributed by atoms with Crippen LogP contribution in [0.3, 0.4) is 0 Å². The molecule has 1 N–H and O–H groups in total. The minimum Gasteiger partial charge on any atom is -0.345 e. The van der Waals surface area contributed by atoms with Crippen LogP contribution in [0.1, 0.15) is 28.9 Å². The smallest absolute Gasteiger partial charge is 0.253 e. The lowest BCUT2D eigenvalue weighted by molar-refractivity contribution is 0.0939. The highest BCUT2D eigenvalue weighted by Crippen LogP contribution is 2.33. The van der Waals surface area contributed by atoms with E-state index in [1.54, 1.807) is 17.5 Å². The van der Waals surface area contributed by atoms with Crippen LogP contribution < -0.4 is 5.32 Å². The van der Waals surface area contributed by atoms with Crippen LogP contribution in [0.2, 0.25) is 0 Å². The van der Waals surface area contributed by atoms with Gasteiger partial charge in [-0.15, -0.1) is 11.3 Å². The summed E-state index contributed by atoms with van der Waals surface area (Å²) in [6.07, 6.45) is 3.43. The monoisotopic (exact) mass is 358 g/mol. The molecule has 0 bridgehead atoms. The van der Waals surface area contributed by atoms with E-state index in [9.17, 15) is 4.79 Å². The van der Waals surface area contributed by atoms with Crippen LogP contribution in [0.25, 0.3) is 21.2 Å². The Morgan fingerprint density at radius 2 is 1.81 bits per heavy atom. The van der Waals surface area contributed by atoms with E-state index in [1.165, 1.54) is 10.1 Å². The number of carbonyl (C=O) groups is 1. The molecule has 0 saturated heterocycles. The summed E-state index contributed by atoms with van der Waals surface area (Å²) in [6.45, 7) is 1.98. The van der Waals surface area contributed by atoms with Gasteiger partial charge in [0.15, 0.2) is 0 Å². The van der Waals surface area contributed by atoms with Gasteiger partial charge in [0.25, 0.3) is 5.91 Å². The average Bonchev–Trinajstić information content (AvgIpc) is 3.13. The Morgan fingerprint density at radius 3 is 2.65 bits per heavy atom. The van der Waals surface area contributed by atoms with Crippen LogP contribution >= 0.6 is 11.3 Å². The van der Waals surface area contributed by atoms with E-state index < -0.39 is 0 Å². The van der Waals surface area contributed by atoms with E-state index in [2.05, 4.69) is 27.8 Å². The summed E-state index contributed by atoms with van der Waals surface area (Å²) in [7, 11) is 0. The van der Waals surface area contributed by atoms with Crippen molar-refractivity contribution in [2.24, 2.45) is 0 Å². The number of rotatable bonds is 4. The molecule has 128 valence electrons. The number of nitrogens with zero attached hydrogens (tertiary/aromatic N) is 1. The zero-order chi connectivity index (χ0) is 17.9. The van der Waals surface area contributed by atoms with Crippen LogP contribution in [0.15, 0.2) is 78.4 Å². The van der Waals surface area contributed by atoms with Crippen LogP contribution in [-0.2, 0) is 0 Å². The van der Waals surface area contributed by atoms with Crippen LogP contribution in [0.4, 0.5) is 0 Å². The van der Waals surface area contributed by atoms with E-state index in [0.717, 1.165) is 16.7 Å². The zero-order valence-electron chi connectivity index (χ0n) is 14.3. The van der Waals surface area contributed by atoms with Crippen molar-refractivity contribution in [2.45, 2.75) is 13.0 Å². The van der Waals surface area contributed by atoms with Gasteiger partial charge >= 0.3 is 0 Å². The van der Waals surface area contributed by atoms with Gasteiger partial charge in [-0.3, -0.25) is 9.78 Å². The Kier molecular flexibility index (Phi) is 4.50. The molecule has 4 heteroatoms. The molecule has 0 saturated carbocycles. The summed E-state index contributed by atoms with van der Waals surface area (Å²) in [5.74, 6) is -0.116. The van der Waals surface area contributed by atoms with Gasteiger partial charge in [0.1, 0.15) is 0 Å². The Labute approximate surface area is 156 Å². The zero-order valence-corrected chi connectivity index (χ0v) is 15.2. The highest BCUT2D eigenvalue weighted by molar-refractivity contribution is 7.17. The number of hydrogen-bond donors (Lipinski definition) is 1. The highest BCUT2D eigenvalue weighted by atomic mass is 32.1. The van der Waals surface area contributed by atoms with Gasteiger partial charge in [-0.2, -0.15) is 0 Å². The fourth-order valence-electron chi connectivity index (χ4n) is 3.02. The second-order valence-electron chi connectivity index (χ2n) is 6.21. The maximum atomic E-state index is 12.7. The Balaban J connectivity index is 1.60. The molecule has 0 aliphatic rings. The van der Waals surface area contributed by atoms with E-state index in [-0.39, 0.29) is 11.9 Å². The van der Waals surface area contributed by atoms with Crippen LogP contribution in [-0.4, -0.2) is 10.9 Å². The number of nitrogens with one attached hydrogen (secondary N) is 1. The number of amides is 1. The average molecular weight is 358 g/mol. The molecular weight excluding hydrogens is 340 g/mol. The van der Waals surface area contributed by atoms with Crippen molar-refractivity contribution >= 4 is 27.3 Å². The van der Waals surface area contributed by atoms with Crippen LogP contribution in [0, 0.1) is 0 Å². The lowest BCUT2D eigenvalue weighted by atomic mass is 10.0. The molecular formula is C22H18N2OS. The van der Waals surface area contributed by atoms with Gasteiger partial charge in [-0.25, -0.2) is 0 Å². The molecule has 2 aromatic heterocycles. The van der Waals surface area contributed by atoms with Gasteiger partial charge in [0.2, 0.25) is 0 Å². The summed E-state index contributed by atoms with van der Waals surface area (Å²) in [4.78, 5) is 17.0. The van der Waals surface area contributed by atoms with Crippen molar-refractivity contribution in [3.8, 4) is 11.1 Å². The summed E-state index contributed by atoms with van der Waals surface area (Å²) >= 11 is 1.70. The van der Waals surface area contributed by atoms with Crippen molar-refractivity contribution in [1.29, 1.82) is 0 Å². The second-order valence-corrected chi connectivity index (χ2v) is 7.12. The summed E-state index contributed by atoms with van der Waals surface area (Å²) in [6, 6.07) is 20.1. The van der Waals surface area contributed by atoms with Crippen molar-refractivity contribution in [1.82, 2.24) is 10.3 Å². The first-order chi connectivity index (χ1) is 12.7. The topological polar surface area (TPSA) is 42.0 Å². The minimum atomic E-state index is -0.116. The predicted octanol–water partition coefficient (Wildman–Crippen LogP) is 5.45. The number of fused-ring (bicyclic) bond motifs is 1. The Hall–Kier alpha value is -2.98. The standard InChI is InChI=1S/C22H18N2OS/c1-15(16-7-3-2-4-8-16)24-22(25)18-11-17(12-23-13-18)20-14-26-21-10-6-5-9-19(20)21/h2-15H,1H3,(H,24,25)/t15-/m0/s1. The van der Waals surface area contributed by atoms with Gasteiger partial charge in [-0.05, 0) is 30.0 Å². The molecule has 3 nitrogen and oxygen atoms in total. The third kappa shape index (κ3) is 3.24. The van der Waals surface area contributed by atoms with Gasteiger partial charge in [0.05, 0.1) is 11.6 Å². The predicted molar refractivity (Wildman–Crippen MR) is 107 cm³/mol. The largest absolute Gasteiger partial charge is 0.345 e. The number of carbonyl (C=O) groups excluding carboxylic acids is 1. The Morgan fingerprint density at radius 1 is 1.04 bits per heavy atom. The van der Waals surface area contributed by atoms with Gasteiger partial charge in [-0.1, -0.05) is 48.5 Å². The molecule has 1 atom stereocenters. The Bertz CT molecular complexity index is 1060. The first-order valence-electron chi connectivity index (χ1n) is 8.50. The number of aromatic nitrogens is 1. The first-order valence-corrected chi connectivity index (χ1v) is 9.38. The second kappa shape index (κ2) is 7.10. The van der Waals surface area contributed by atoms with Crippen molar-refractivity contribution in [3.05, 3.63) is 89.6 Å². The molecule has 0 fully saturated rings. The van der Waals surface area contributed by atoms with Crippen molar-refractivity contribution in [3.63, 3.8) is 0 Å². The summed E-state index contributed by atoms with van der Waals surface area (Å²) in [5, 5.41) is 6.36. The van der Waals surface area contributed by atoms with Crippen LogP contribution in [0.5, 0.6) is 0 Å². The fourth-order valence-corrected chi connectivity index (χ4v) is 3.99. The summed E-state index contributed by atoms with van der Waals surface area (Å²) < 4.78 is 1.23. The van der Waals surface area contributed by atoms with E-state index in [1.807, 2.05) is 61.7 Å². The molecule has 2 aromatic carbocycles. The molecule has 4 aromatic rings. The fraction of sp³-hybridized carbons (Fsp3) is 0.0909. The molecule has 0 aliphatic heterocycles. The number of hydrogen-bond acceptors (Lipinski definition) is 3. The highest BCUT2D eigenvalue weighted by Gasteiger charge is 2.13. The van der Waals surface area contributed by atoms with Crippen molar-refractivity contribution in [2.75, 3.05) is 0 Å². The quantitative estimate of drug-likeness (QED) is 0.527. The van der Waals surface area contributed by atoms with E-state index in [4.69, 9.17) is 0 Å². The molecule has 4 rings (SSSR count). The van der Waals surface area contributed by atoms with Crippen molar-refractivity contribution < 1.29 is 4.79 Å².